The standard InChI is InChI=1S/C12H17F3N4O.HI/c1-16-11(18-6-4-12(13,14)15)19-7-8-20-10-3-2-5-17-9-10;/h2-3,5,9H,4,6-8H2,1H3,(H2,16,18,19);1H. The van der Waals surface area contributed by atoms with Gasteiger partial charge < -0.3 is 15.4 Å². The van der Waals surface area contributed by atoms with E-state index in [0.717, 1.165) is 0 Å². The zero-order chi connectivity index (χ0) is 14.8. The predicted octanol–water partition coefficient (Wildman–Crippen LogP) is 2.20. The van der Waals surface area contributed by atoms with Crippen LogP contribution in [0.5, 0.6) is 5.75 Å². The van der Waals surface area contributed by atoms with Gasteiger partial charge in [0.05, 0.1) is 19.2 Å². The van der Waals surface area contributed by atoms with Crippen LogP contribution < -0.4 is 15.4 Å². The predicted molar refractivity (Wildman–Crippen MR) is 85.2 cm³/mol. The van der Waals surface area contributed by atoms with Gasteiger partial charge in [0.15, 0.2) is 5.96 Å². The largest absolute Gasteiger partial charge is 0.490 e. The maximum atomic E-state index is 12.0. The van der Waals surface area contributed by atoms with Gasteiger partial charge in [0.2, 0.25) is 0 Å². The molecule has 1 heterocycles. The van der Waals surface area contributed by atoms with Crippen LogP contribution in [0.4, 0.5) is 13.2 Å². The highest BCUT2D eigenvalue weighted by atomic mass is 127. The van der Waals surface area contributed by atoms with Crippen molar-refractivity contribution < 1.29 is 17.9 Å². The van der Waals surface area contributed by atoms with Crippen molar-refractivity contribution in [1.82, 2.24) is 15.6 Å². The van der Waals surface area contributed by atoms with E-state index in [1.165, 1.54) is 7.05 Å². The van der Waals surface area contributed by atoms with Crippen LogP contribution >= 0.6 is 24.0 Å². The third-order valence-electron chi connectivity index (χ3n) is 2.22. The molecule has 2 N–H and O–H groups in total. The highest BCUT2D eigenvalue weighted by Gasteiger charge is 2.26. The van der Waals surface area contributed by atoms with Gasteiger partial charge in [-0.2, -0.15) is 13.2 Å². The van der Waals surface area contributed by atoms with Crippen LogP contribution in [0.1, 0.15) is 6.42 Å². The second kappa shape index (κ2) is 10.5. The molecular weight excluding hydrogens is 400 g/mol. The number of aliphatic imine (C=N–C) groups is 1. The van der Waals surface area contributed by atoms with Crippen LogP contribution in [0.2, 0.25) is 0 Å². The molecule has 0 aromatic carbocycles. The van der Waals surface area contributed by atoms with Crippen molar-refractivity contribution >= 4 is 29.9 Å². The first-order valence-electron chi connectivity index (χ1n) is 6.05. The van der Waals surface area contributed by atoms with Crippen molar-refractivity contribution in [2.75, 3.05) is 26.7 Å². The minimum atomic E-state index is -4.17. The monoisotopic (exact) mass is 418 g/mol. The molecule has 0 aliphatic carbocycles. The van der Waals surface area contributed by atoms with E-state index in [-0.39, 0.29) is 30.5 Å². The molecule has 0 aliphatic heterocycles. The molecule has 0 unspecified atom stereocenters. The zero-order valence-corrected chi connectivity index (χ0v) is 13.8. The number of pyridine rings is 1. The summed E-state index contributed by atoms with van der Waals surface area (Å²) in [4.78, 5) is 7.70. The summed E-state index contributed by atoms with van der Waals surface area (Å²) in [6.07, 6.45) is -1.86. The Hall–Kier alpha value is -1.26. The smallest absolute Gasteiger partial charge is 0.390 e. The molecule has 21 heavy (non-hydrogen) atoms. The van der Waals surface area contributed by atoms with E-state index in [1.807, 2.05) is 0 Å². The van der Waals surface area contributed by atoms with Crippen molar-refractivity contribution in [3.05, 3.63) is 24.5 Å². The van der Waals surface area contributed by atoms with Crippen molar-refractivity contribution in [1.29, 1.82) is 0 Å². The number of nitrogens with one attached hydrogen (secondary N) is 2. The second-order valence-electron chi connectivity index (χ2n) is 3.83. The molecule has 120 valence electrons. The van der Waals surface area contributed by atoms with E-state index in [9.17, 15) is 13.2 Å². The minimum Gasteiger partial charge on any atom is -0.490 e. The molecule has 0 fully saturated rings. The SMILES string of the molecule is CN=C(NCCOc1cccnc1)NCCC(F)(F)F.I. The number of aromatic nitrogens is 1. The van der Waals surface area contributed by atoms with Gasteiger partial charge >= 0.3 is 6.18 Å². The van der Waals surface area contributed by atoms with Crippen LogP contribution in [-0.4, -0.2) is 43.9 Å². The van der Waals surface area contributed by atoms with Gasteiger partial charge in [-0.3, -0.25) is 9.98 Å². The van der Waals surface area contributed by atoms with Crippen molar-refractivity contribution in [3.8, 4) is 5.75 Å². The molecule has 0 saturated heterocycles. The molecule has 0 amide bonds. The Morgan fingerprint density at radius 3 is 2.62 bits per heavy atom. The summed E-state index contributed by atoms with van der Waals surface area (Å²) < 4.78 is 41.3. The third kappa shape index (κ3) is 10.2. The van der Waals surface area contributed by atoms with Crippen molar-refractivity contribution in [3.63, 3.8) is 0 Å². The number of halogens is 4. The molecule has 5 nitrogen and oxygen atoms in total. The summed E-state index contributed by atoms with van der Waals surface area (Å²) in [6, 6.07) is 3.52. The molecular formula is C12H18F3IN4O. The molecule has 1 aromatic rings. The molecule has 0 atom stereocenters. The number of nitrogens with zero attached hydrogens (tertiary/aromatic N) is 2. The maximum absolute atomic E-state index is 12.0. The summed E-state index contributed by atoms with van der Waals surface area (Å²) in [5.41, 5.74) is 0. The molecule has 9 heteroatoms. The lowest BCUT2D eigenvalue weighted by Gasteiger charge is -2.13. The van der Waals surface area contributed by atoms with Gasteiger partial charge in [-0.15, -0.1) is 24.0 Å². The molecule has 0 aliphatic rings. The van der Waals surface area contributed by atoms with E-state index in [4.69, 9.17) is 4.74 Å². The molecule has 0 spiro atoms. The molecule has 1 rings (SSSR count). The molecule has 0 bridgehead atoms. The Labute approximate surface area is 138 Å². The fourth-order valence-electron chi connectivity index (χ4n) is 1.31. The minimum absolute atomic E-state index is 0. The van der Waals surface area contributed by atoms with Gasteiger partial charge in [-0.25, -0.2) is 0 Å². The van der Waals surface area contributed by atoms with E-state index in [0.29, 0.717) is 24.9 Å². The second-order valence-corrected chi connectivity index (χ2v) is 3.83. The van der Waals surface area contributed by atoms with E-state index >= 15 is 0 Å². The first-order valence-corrected chi connectivity index (χ1v) is 6.05. The lowest BCUT2D eigenvalue weighted by Crippen LogP contribution is -2.40. The summed E-state index contributed by atoms with van der Waals surface area (Å²) in [5.74, 6) is 0.943. The fourth-order valence-corrected chi connectivity index (χ4v) is 1.31. The summed E-state index contributed by atoms with van der Waals surface area (Å²) in [7, 11) is 1.49. The Balaban J connectivity index is 0.00000400. The summed E-state index contributed by atoms with van der Waals surface area (Å²) in [6.45, 7) is 0.554. The first-order chi connectivity index (χ1) is 9.51. The summed E-state index contributed by atoms with van der Waals surface area (Å²) in [5, 5.41) is 5.43. The number of rotatable bonds is 6. The number of ether oxygens (including phenoxy) is 1. The van der Waals surface area contributed by atoms with Gasteiger partial charge in [-0.1, -0.05) is 0 Å². The average molecular weight is 418 g/mol. The fraction of sp³-hybridized carbons (Fsp3) is 0.500. The number of alkyl halides is 3. The van der Waals surface area contributed by atoms with E-state index in [2.05, 4.69) is 20.6 Å². The van der Waals surface area contributed by atoms with Gasteiger partial charge in [0, 0.05) is 19.8 Å². The number of hydrogen-bond acceptors (Lipinski definition) is 3. The lowest BCUT2D eigenvalue weighted by molar-refractivity contribution is -0.132. The quantitative estimate of drug-likeness (QED) is 0.322. The highest BCUT2D eigenvalue weighted by molar-refractivity contribution is 14.0. The summed E-state index contributed by atoms with van der Waals surface area (Å²) >= 11 is 0. The van der Waals surface area contributed by atoms with Crippen LogP contribution in [0, 0.1) is 0 Å². The van der Waals surface area contributed by atoms with Crippen LogP contribution in [0.3, 0.4) is 0 Å². The average Bonchev–Trinajstić information content (AvgIpc) is 2.41. The Morgan fingerprint density at radius 2 is 2.05 bits per heavy atom. The molecule has 1 aromatic heterocycles. The molecule has 0 radical (unpaired) electrons. The normalized spacial score (nSPS) is 11.5. The van der Waals surface area contributed by atoms with E-state index in [1.54, 1.807) is 24.5 Å². The van der Waals surface area contributed by atoms with Gasteiger partial charge in [0.25, 0.3) is 0 Å². The lowest BCUT2D eigenvalue weighted by atomic mass is 10.4. The first kappa shape index (κ1) is 19.7. The van der Waals surface area contributed by atoms with Gasteiger partial charge in [0.1, 0.15) is 12.4 Å². The highest BCUT2D eigenvalue weighted by Crippen LogP contribution is 2.17. The van der Waals surface area contributed by atoms with Crippen molar-refractivity contribution in [2.45, 2.75) is 12.6 Å². The third-order valence-corrected chi connectivity index (χ3v) is 2.22. The Bertz CT molecular complexity index is 415. The van der Waals surface area contributed by atoms with Crippen LogP contribution in [-0.2, 0) is 0 Å². The Morgan fingerprint density at radius 1 is 1.33 bits per heavy atom. The van der Waals surface area contributed by atoms with E-state index < -0.39 is 12.6 Å². The van der Waals surface area contributed by atoms with Crippen molar-refractivity contribution in [2.24, 2.45) is 4.99 Å². The van der Waals surface area contributed by atoms with Crippen LogP contribution in [0.15, 0.2) is 29.5 Å². The number of guanidine groups is 1. The Kier molecular flexibility index (Phi) is 9.84. The van der Waals surface area contributed by atoms with Crippen LogP contribution in [0.25, 0.3) is 0 Å². The number of hydrogen-bond donors (Lipinski definition) is 2. The maximum Gasteiger partial charge on any atom is 0.390 e. The van der Waals surface area contributed by atoms with Gasteiger partial charge in [-0.05, 0) is 12.1 Å². The topological polar surface area (TPSA) is 58.5 Å². The zero-order valence-electron chi connectivity index (χ0n) is 11.5. The molecule has 0 saturated carbocycles.